The zero-order valence-electron chi connectivity index (χ0n) is 33.8. The van der Waals surface area contributed by atoms with Gasteiger partial charge < -0.3 is 24.9 Å². The minimum absolute atomic E-state index is 0. The zero-order valence-corrected chi connectivity index (χ0v) is 33.8. The lowest BCUT2D eigenvalue weighted by Gasteiger charge is -2.14. The Bertz CT molecular complexity index is 2650. The van der Waals surface area contributed by atoms with Crippen LogP contribution in [0.25, 0.3) is 21.8 Å². The first-order valence-corrected chi connectivity index (χ1v) is 20.2. The number of carbonyl (C=O) groups excluding carboxylic acids is 4. The molecule has 0 atom stereocenters. The normalized spacial score (nSPS) is 12.1. The highest BCUT2D eigenvalue weighted by Gasteiger charge is 2.21. The molecule has 320 valence electrons. The number of benzene rings is 5. The van der Waals surface area contributed by atoms with Crippen LogP contribution in [0.2, 0.25) is 0 Å². The molecule has 5 aromatic carbocycles. The van der Waals surface area contributed by atoms with Crippen molar-refractivity contribution in [1.29, 1.82) is 0 Å². The first-order valence-electron chi connectivity index (χ1n) is 20.2. The molecule has 2 aromatic heterocycles. The smallest absolute Gasteiger partial charge is 0.274 e. The maximum atomic E-state index is 12.9. The lowest BCUT2D eigenvalue weighted by Crippen LogP contribution is -2.24. The molecule has 0 bridgehead atoms. The number of hydroxylamine groups is 2. The Labute approximate surface area is 360 Å². The summed E-state index contributed by atoms with van der Waals surface area (Å²) in [5.74, 6) is -1.07. The van der Waals surface area contributed by atoms with E-state index in [4.69, 9.17) is 15.2 Å². The van der Waals surface area contributed by atoms with E-state index in [0.29, 0.717) is 42.0 Å². The molecule has 0 saturated carbocycles. The van der Waals surface area contributed by atoms with E-state index in [-0.39, 0.29) is 25.1 Å². The van der Waals surface area contributed by atoms with Crippen molar-refractivity contribution in [3.63, 3.8) is 0 Å². The molecule has 6 N–H and O–H groups in total. The number of hydrogen-bond donors (Lipinski definition) is 6. The third-order valence-corrected chi connectivity index (χ3v) is 10.8. The van der Waals surface area contributed by atoms with Crippen LogP contribution < -0.4 is 21.6 Å². The summed E-state index contributed by atoms with van der Waals surface area (Å²) in [4.78, 5) is 54.5. The van der Waals surface area contributed by atoms with Gasteiger partial charge in [-0.3, -0.25) is 29.2 Å². The minimum atomic E-state index is -0.560. The van der Waals surface area contributed by atoms with Gasteiger partial charge >= 0.3 is 0 Å². The Morgan fingerprint density at radius 2 is 1.03 bits per heavy atom. The molecule has 7 aromatic rings. The van der Waals surface area contributed by atoms with Gasteiger partial charge in [-0.15, -0.1) is 0 Å². The van der Waals surface area contributed by atoms with E-state index in [2.05, 4.69) is 37.4 Å². The summed E-state index contributed by atoms with van der Waals surface area (Å²) in [5.41, 5.74) is 14.0. The van der Waals surface area contributed by atoms with Crippen molar-refractivity contribution >= 4 is 45.4 Å². The second-order valence-corrected chi connectivity index (χ2v) is 14.7. The van der Waals surface area contributed by atoms with Gasteiger partial charge in [0.2, 0.25) is 0 Å². The van der Waals surface area contributed by atoms with Gasteiger partial charge in [-0.1, -0.05) is 98.4 Å². The molecule has 0 fully saturated rings. The van der Waals surface area contributed by atoms with Gasteiger partial charge in [0.25, 0.3) is 23.6 Å². The van der Waals surface area contributed by atoms with Gasteiger partial charge in [0.15, 0.2) is 0 Å². The number of aryl methyl sites for hydroxylation is 4. The summed E-state index contributed by atoms with van der Waals surface area (Å²) < 4.78 is 4.36. The fraction of sp³-hybridized carbons (Fsp3) is 0.224. The number of para-hydroxylation sites is 2. The van der Waals surface area contributed by atoms with Gasteiger partial charge in [0, 0.05) is 67.6 Å². The molecule has 13 heteroatoms. The van der Waals surface area contributed by atoms with Gasteiger partial charge in [-0.2, -0.15) is 0 Å². The molecule has 0 unspecified atom stereocenters. The standard InChI is InChI=1S/C27H25N3O3.C20H19N3O3.CH4O.CH4/c31-26(29-33-18-20-6-2-1-3-7-20)22-13-11-19(12-14-22)16-28-27(32)24-17-30-15-5-9-21-8-4-10-23(24)25(21)30;24-19(22-26)15-8-6-13(7-9-15)11-21-20(25)17-12-23-10-2-4-14-3-1-5-16(17)18(14)23;1-2;/h1-4,6-8,10-14,17H,5,9,15-16,18H2,(H,28,32)(H,29,31);1,3,5-9,12,26H,2,4,10-11H2,(H,21,25)(H,22,24);2H,1H3;1H4. The Morgan fingerprint density at radius 1 is 0.565 bits per heavy atom. The molecule has 4 amide bonds. The maximum Gasteiger partial charge on any atom is 0.274 e. The average Bonchev–Trinajstić information content (AvgIpc) is 3.90. The van der Waals surface area contributed by atoms with E-state index >= 15 is 0 Å². The SMILES string of the molecule is C.CO.O=C(NO)c1ccc(CNC(=O)c2cn3c4c(cccc24)CCC3)cc1.O=C(NOCc1ccccc1)c1ccc(CNC(=O)c2cn3c4c(cccc24)CCC3)cc1. The Morgan fingerprint density at radius 3 is 1.50 bits per heavy atom. The monoisotopic (exact) mass is 836 g/mol. The number of rotatable bonds is 11. The number of aliphatic hydroxyl groups is 1. The van der Waals surface area contributed by atoms with E-state index in [1.807, 2.05) is 79.1 Å². The summed E-state index contributed by atoms with van der Waals surface area (Å²) in [5, 5.41) is 23.6. The van der Waals surface area contributed by atoms with Crippen molar-refractivity contribution in [2.45, 2.75) is 65.9 Å². The van der Waals surface area contributed by atoms with Gasteiger partial charge in [-0.25, -0.2) is 11.0 Å². The van der Waals surface area contributed by atoms with Gasteiger partial charge in [0.1, 0.15) is 0 Å². The number of amides is 4. The van der Waals surface area contributed by atoms with Crippen molar-refractivity contribution in [3.8, 4) is 0 Å². The number of nitrogens with one attached hydrogen (secondary N) is 4. The zero-order chi connectivity index (χ0) is 42.7. The molecular formula is C49H52N6O7. The molecule has 13 nitrogen and oxygen atoms in total. The third kappa shape index (κ3) is 10.1. The second-order valence-electron chi connectivity index (χ2n) is 14.7. The highest BCUT2D eigenvalue weighted by atomic mass is 16.6. The fourth-order valence-corrected chi connectivity index (χ4v) is 7.86. The number of aromatic nitrogens is 2. The number of aliphatic hydroxyl groups excluding tert-OH is 1. The maximum absolute atomic E-state index is 12.9. The van der Waals surface area contributed by atoms with Gasteiger partial charge in [-0.05, 0) is 77.8 Å². The molecule has 0 radical (unpaired) electrons. The van der Waals surface area contributed by atoms with E-state index in [1.54, 1.807) is 41.9 Å². The van der Waals surface area contributed by atoms with Crippen molar-refractivity contribution in [3.05, 3.63) is 178 Å². The summed E-state index contributed by atoms with van der Waals surface area (Å²) in [6.07, 6.45) is 8.20. The van der Waals surface area contributed by atoms with E-state index in [9.17, 15) is 19.2 Å². The van der Waals surface area contributed by atoms with Crippen LogP contribution in [-0.4, -0.2) is 50.2 Å². The molecule has 0 saturated heterocycles. The van der Waals surface area contributed by atoms with Crippen LogP contribution in [0.4, 0.5) is 0 Å². The molecule has 2 aliphatic rings. The Balaban J connectivity index is 0.000000201. The van der Waals surface area contributed by atoms with E-state index in [0.717, 1.165) is 73.3 Å². The van der Waals surface area contributed by atoms with Crippen LogP contribution in [0.3, 0.4) is 0 Å². The summed E-state index contributed by atoms with van der Waals surface area (Å²) in [7, 11) is 1.00. The highest BCUT2D eigenvalue weighted by molar-refractivity contribution is 6.08. The predicted octanol–water partition coefficient (Wildman–Crippen LogP) is 7.26. The summed E-state index contributed by atoms with van der Waals surface area (Å²) >= 11 is 0. The largest absolute Gasteiger partial charge is 0.400 e. The molecule has 2 aliphatic heterocycles. The second kappa shape index (κ2) is 21.0. The van der Waals surface area contributed by atoms with Crippen LogP contribution in [-0.2, 0) is 50.5 Å². The lowest BCUT2D eigenvalue weighted by atomic mass is 10.0. The molecule has 62 heavy (non-hydrogen) atoms. The average molecular weight is 837 g/mol. The molecule has 0 spiro atoms. The quantitative estimate of drug-likeness (QED) is 0.0587. The minimum Gasteiger partial charge on any atom is -0.400 e. The molecule has 9 rings (SSSR count). The van der Waals surface area contributed by atoms with Crippen LogP contribution in [0.15, 0.2) is 128 Å². The lowest BCUT2D eigenvalue weighted by molar-refractivity contribution is 0.0233. The van der Waals surface area contributed by atoms with Crippen molar-refractivity contribution in [2.24, 2.45) is 0 Å². The summed E-state index contributed by atoms with van der Waals surface area (Å²) in [6.45, 7) is 2.94. The topological polar surface area (TPSA) is 176 Å². The number of carbonyl (C=O) groups is 4. The fourth-order valence-electron chi connectivity index (χ4n) is 7.86. The van der Waals surface area contributed by atoms with Crippen molar-refractivity contribution < 1.29 is 34.3 Å². The summed E-state index contributed by atoms with van der Waals surface area (Å²) in [6, 6.07) is 35.8. The Kier molecular flexibility index (Phi) is 15.0. The highest BCUT2D eigenvalue weighted by Crippen LogP contribution is 2.30. The van der Waals surface area contributed by atoms with Gasteiger partial charge in [0.05, 0.1) is 28.8 Å². The van der Waals surface area contributed by atoms with Crippen LogP contribution >= 0.6 is 0 Å². The Hall–Kier alpha value is -7.06. The van der Waals surface area contributed by atoms with E-state index < -0.39 is 5.91 Å². The van der Waals surface area contributed by atoms with E-state index in [1.165, 1.54) is 22.2 Å². The number of hydrogen-bond acceptors (Lipinski definition) is 7. The first kappa shape index (κ1) is 44.5. The van der Waals surface area contributed by atoms with Crippen LogP contribution in [0.5, 0.6) is 0 Å². The van der Waals surface area contributed by atoms with Crippen molar-refractivity contribution in [1.82, 2.24) is 30.7 Å². The first-order chi connectivity index (χ1) is 29.9. The van der Waals surface area contributed by atoms with Crippen molar-refractivity contribution in [2.75, 3.05) is 7.11 Å². The third-order valence-electron chi connectivity index (χ3n) is 10.8. The number of nitrogens with zero attached hydrogens (tertiary/aromatic N) is 2. The predicted molar refractivity (Wildman–Crippen MR) is 239 cm³/mol. The molecule has 4 heterocycles. The molecular weight excluding hydrogens is 785 g/mol. The van der Waals surface area contributed by atoms with Crippen LogP contribution in [0.1, 0.15) is 89.5 Å². The van der Waals surface area contributed by atoms with Crippen LogP contribution in [0, 0.1) is 0 Å². The molecule has 0 aliphatic carbocycles.